The summed E-state index contributed by atoms with van der Waals surface area (Å²) in [6, 6.07) is 0.711. The number of hydrogen-bond donors (Lipinski definition) is 1. The maximum atomic E-state index is 3.29. The largest absolute Gasteiger partial charge is 0.319 e. The molecule has 1 aliphatic heterocycles. The highest BCUT2D eigenvalue weighted by molar-refractivity contribution is 4.84. The van der Waals surface area contributed by atoms with E-state index in [0.29, 0.717) is 11.5 Å². The summed E-state index contributed by atoms with van der Waals surface area (Å²) in [6.45, 7) is 15.6. The molecule has 2 heteroatoms. The molecule has 1 saturated heterocycles. The molecule has 2 unspecified atom stereocenters. The van der Waals surface area contributed by atoms with Gasteiger partial charge < -0.3 is 10.2 Å². The lowest BCUT2D eigenvalue weighted by atomic mass is 9.75. The van der Waals surface area contributed by atoms with Gasteiger partial charge >= 0.3 is 0 Å². The Balaban J connectivity index is 2.41. The van der Waals surface area contributed by atoms with Gasteiger partial charge in [0.15, 0.2) is 0 Å². The molecule has 1 rings (SSSR count). The second kappa shape index (κ2) is 6.19. The molecule has 1 N–H and O–H groups in total. The summed E-state index contributed by atoms with van der Waals surface area (Å²) < 4.78 is 0. The minimum atomic E-state index is 0.492. The topological polar surface area (TPSA) is 15.3 Å². The third-order valence-electron chi connectivity index (χ3n) is 4.68. The van der Waals surface area contributed by atoms with Gasteiger partial charge in [0.25, 0.3) is 0 Å². The van der Waals surface area contributed by atoms with Gasteiger partial charge in [-0.1, -0.05) is 27.7 Å². The summed E-state index contributed by atoms with van der Waals surface area (Å²) in [5.41, 5.74) is 0.492. The van der Waals surface area contributed by atoms with E-state index in [9.17, 15) is 0 Å². The highest BCUT2D eigenvalue weighted by Crippen LogP contribution is 2.35. The number of hydrogen-bond acceptors (Lipinski definition) is 2. The van der Waals surface area contributed by atoms with Crippen LogP contribution in [0, 0.1) is 17.3 Å². The van der Waals surface area contributed by atoms with Crippen molar-refractivity contribution in [3.63, 3.8) is 0 Å². The van der Waals surface area contributed by atoms with E-state index in [4.69, 9.17) is 0 Å². The van der Waals surface area contributed by atoms with Crippen LogP contribution in [0.25, 0.3) is 0 Å². The van der Waals surface area contributed by atoms with Crippen LogP contribution in [-0.2, 0) is 0 Å². The fourth-order valence-corrected chi connectivity index (χ4v) is 3.03. The van der Waals surface area contributed by atoms with Crippen LogP contribution in [0.3, 0.4) is 0 Å². The molecule has 17 heavy (non-hydrogen) atoms. The van der Waals surface area contributed by atoms with E-state index < -0.39 is 0 Å². The van der Waals surface area contributed by atoms with E-state index in [0.717, 1.165) is 18.4 Å². The van der Waals surface area contributed by atoms with Crippen LogP contribution in [0.4, 0.5) is 0 Å². The number of piperidine rings is 1. The van der Waals surface area contributed by atoms with Crippen molar-refractivity contribution >= 4 is 0 Å². The number of likely N-dealkylation sites (tertiary alicyclic amines) is 1. The van der Waals surface area contributed by atoms with Crippen molar-refractivity contribution in [2.45, 2.75) is 53.5 Å². The Morgan fingerprint density at radius 2 is 1.71 bits per heavy atom. The zero-order valence-electron chi connectivity index (χ0n) is 12.7. The molecule has 0 saturated carbocycles. The molecule has 0 aliphatic carbocycles. The zero-order valence-corrected chi connectivity index (χ0v) is 12.7. The molecule has 1 fully saturated rings. The molecule has 0 aromatic heterocycles. The highest BCUT2D eigenvalue weighted by Gasteiger charge is 2.31. The third-order valence-corrected chi connectivity index (χ3v) is 4.68. The summed E-state index contributed by atoms with van der Waals surface area (Å²) in [7, 11) is 2.05. The summed E-state index contributed by atoms with van der Waals surface area (Å²) in [6.07, 6.45) is 2.75. The molecule has 0 amide bonds. The number of nitrogens with one attached hydrogen (secondary N) is 1. The second-order valence-electron chi connectivity index (χ2n) is 6.95. The average molecular weight is 240 g/mol. The minimum Gasteiger partial charge on any atom is -0.319 e. The van der Waals surface area contributed by atoms with E-state index in [2.05, 4.69) is 51.9 Å². The Bertz CT molecular complexity index is 211. The first-order valence-electron chi connectivity index (χ1n) is 7.25. The van der Waals surface area contributed by atoms with Crippen LogP contribution in [0.1, 0.15) is 47.5 Å². The Morgan fingerprint density at radius 1 is 1.18 bits per heavy atom. The van der Waals surface area contributed by atoms with Gasteiger partial charge in [-0.25, -0.2) is 0 Å². The molecule has 0 spiro atoms. The predicted octanol–water partition coefficient (Wildman–Crippen LogP) is 2.99. The van der Waals surface area contributed by atoms with Gasteiger partial charge in [0, 0.05) is 6.04 Å². The van der Waals surface area contributed by atoms with Crippen LogP contribution in [-0.4, -0.2) is 37.6 Å². The molecule has 2 nitrogen and oxygen atoms in total. The van der Waals surface area contributed by atoms with E-state index in [-0.39, 0.29) is 0 Å². The van der Waals surface area contributed by atoms with Gasteiger partial charge in [-0.3, -0.25) is 0 Å². The molecule has 0 radical (unpaired) electrons. The van der Waals surface area contributed by atoms with E-state index in [1.54, 1.807) is 0 Å². The summed E-state index contributed by atoms with van der Waals surface area (Å²) in [4.78, 5) is 2.68. The molecule has 1 heterocycles. The van der Waals surface area contributed by atoms with Crippen molar-refractivity contribution in [1.82, 2.24) is 10.2 Å². The van der Waals surface area contributed by atoms with Gasteiger partial charge in [0.05, 0.1) is 0 Å². The van der Waals surface area contributed by atoms with Crippen LogP contribution >= 0.6 is 0 Å². The Hall–Kier alpha value is -0.0800. The van der Waals surface area contributed by atoms with Crippen molar-refractivity contribution < 1.29 is 0 Å². The molecule has 1 aliphatic rings. The molecule has 0 bridgehead atoms. The fourth-order valence-electron chi connectivity index (χ4n) is 3.03. The Morgan fingerprint density at radius 3 is 2.12 bits per heavy atom. The summed E-state index contributed by atoms with van der Waals surface area (Å²) >= 11 is 0. The SMILES string of the molecule is CNCC(C)C(C)N1CCC(C(C)(C)C)CC1. The predicted molar refractivity (Wildman–Crippen MR) is 76.3 cm³/mol. The van der Waals surface area contributed by atoms with Crippen molar-refractivity contribution in [1.29, 1.82) is 0 Å². The lowest BCUT2D eigenvalue weighted by Crippen LogP contribution is -2.46. The van der Waals surface area contributed by atoms with Crippen LogP contribution < -0.4 is 5.32 Å². The van der Waals surface area contributed by atoms with E-state index >= 15 is 0 Å². The van der Waals surface area contributed by atoms with Crippen molar-refractivity contribution in [3.05, 3.63) is 0 Å². The molecule has 0 aromatic carbocycles. The summed E-state index contributed by atoms with van der Waals surface area (Å²) in [5.74, 6) is 1.65. The molecular weight excluding hydrogens is 208 g/mol. The standard InChI is InChI=1S/C15H32N2/c1-12(11-16-6)13(2)17-9-7-14(8-10-17)15(3,4)5/h12-14,16H,7-11H2,1-6H3. The molecular formula is C15H32N2. The van der Waals surface area contributed by atoms with Gasteiger partial charge in [0.1, 0.15) is 0 Å². The first kappa shape index (κ1) is 15.0. The van der Waals surface area contributed by atoms with Gasteiger partial charge in [0.2, 0.25) is 0 Å². The maximum Gasteiger partial charge on any atom is 0.0105 e. The third kappa shape index (κ3) is 4.26. The molecule has 0 aromatic rings. The normalized spacial score (nSPS) is 23.6. The van der Waals surface area contributed by atoms with E-state index in [1.807, 2.05) is 0 Å². The van der Waals surface area contributed by atoms with E-state index in [1.165, 1.54) is 25.9 Å². The first-order chi connectivity index (χ1) is 7.86. The molecule has 102 valence electrons. The van der Waals surface area contributed by atoms with Gasteiger partial charge in [-0.2, -0.15) is 0 Å². The van der Waals surface area contributed by atoms with Crippen molar-refractivity contribution in [2.24, 2.45) is 17.3 Å². The minimum absolute atomic E-state index is 0.492. The van der Waals surface area contributed by atoms with Crippen LogP contribution in [0.2, 0.25) is 0 Å². The Kier molecular flexibility index (Phi) is 5.46. The number of nitrogens with zero attached hydrogens (tertiary/aromatic N) is 1. The average Bonchev–Trinajstić information content (AvgIpc) is 2.27. The lowest BCUT2D eigenvalue weighted by Gasteiger charge is -2.42. The second-order valence-corrected chi connectivity index (χ2v) is 6.95. The molecule has 2 atom stereocenters. The fraction of sp³-hybridized carbons (Fsp3) is 1.00. The van der Waals surface area contributed by atoms with Crippen LogP contribution in [0.15, 0.2) is 0 Å². The monoisotopic (exact) mass is 240 g/mol. The Labute approximate surface area is 108 Å². The van der Waals surface area contributed by atoms with Crippen molar-refractivity contribution in [2.75, 3.05) is 26.7 Å². The lowest BCUT2D eigenvalue weighted by molar-refractivity contribution is 0.0701. The maximum absolute atomic E-state index is 3.29. The zero-order chi connectivity index (χ0) is 13.1. The van der Waals surface area contributed by atoms with Gasteiger partial charge in [-0.15, -0.1) is 0 Å². The van der Waals surface area contributed by atoms with Gasteiger partial charge in [-0.05, 0) is 63.7 Å². The van der Waals surface area contributed by atoms with Crippen molar-refractivity contribution in [3.8, 4) is 0 Å². The first-order valence-corrected chi connectivity index (χ1v) is 7.25. The van der Waals surface area contributed by atoms with Crippen LogP contribution in [0.5, 0.6) is 0 Å². The quantitative estimate of drug-likeness (QED) is 0.812. The number of rotatable bonds is 4. The summed E-state index contributed by atoms with van der Waals surface area (Å²) in [5, 5.41) is 3.29. The highest BCUT2D eigenvalue weighted by atomic mass is 15.2. The smallest absolute Gasteiger partial charge is 0.0105 e.